The minimum Gasteiger partial charge on any atom is -0.306 e. The van der Waals surface area contributed by atoms with Crippen LogP contribution in [0.1, 0.15) is 38.4 Å². The SMILES string of the molecule is CCSCc1nc(CNC(C)(C)C)cs1. The highest BCUT2D eigenvalue weighted by Gasteiger charge is 2.09. The summed E-state index contributed by atoms with van der Waals surface area (Å²) >= 11 is 3.69. The molecule has 0 aliphatic rings. The lowest BCUT2D eigenvalue weighted by molar-refractivity contribution is 0.421. The largest absolute Gasteiger partial charge is 0.306 e. The lowest BCUT2D eigenvalue weighted by Crippen LogP contribution is -2.35. The summed E-state index contributed by atoms with van der Waals surface area (Å²) in [5.74, 6) is 2.21. The number of nitrogens with one attached hydrogen (secondary N) is 1. The number of nitrogens with zero attached hydrogens (tertiary/aromatic N) is 1. The Morgan fingerprint density at radius 2 is 2.20 bits per heavy atom. The van der Waals surface area contributed by atoms with E-state index in [4.69, 9.17) is 0 Å². The van der Waals surface area contributed by atoms with Gasteiger partial charge in [-0.15, -0.1) is 11.3 Å². The highest BCUT2D eigenvalue weighted by molar-refractivity contribution is 7.98. The predicted octanol–water partition coefficient (Wildman–Crippen LogP) is 3.28. The van der Waals surface area contributed by atoms with E-state index in [-0.39, 0.29) is 5.54 Å². The fourth-order valence-corrected chi connectivity index (χ4v) is 2.59. The van der Waals surface area contributed by atoms with Gasteiger partial charge in [-0.1, -0.05) is 6.92 Å². The normalized spacial score (nSPS) is 12.0. The second-order valence-electron chi connectivity index (χ2n) is 4.47. The highest BCUT2D eigenvalue weighted by atomic mass is 32.2. The zero-order valence-corrected chi connectivity index (χ0v) is 11.6. The number of hydrogen-bond donors (Lipinski definition) is 1. The highest BCUT2D eigenvalue weighted by Crippen LogP contribution is 2.16. The van der Waals surface area contributed by atoms with Gasteiger partial charge in [0.1, 0.15) is 5.01 Å². The minimum absolute atomic E-state index is 0.169. The van der Waals surface area contributed by atoms with Gasteiger partial charge in [0.15, 0.2) is 0 Å². The van der Waals surface area contributed by atoms with Crippen LogP contribution in [0.5, 0.6) is 0 Å². The third-order valence-electron chi connectivity index (χ3n) is 1.83. The maximum Gasteiger partial charge on any atom is 0.103 e. The van der Waals surface area contributed by atoms with E-state index in [0.717, 1.165) is 18.1 Å². The van der Waals surface area contributed by atoms with Gasteiger partial charge in [-0.05, 0) is 26.5 Å². The average Bonchev–Trinajstić information content (AvgIpc) is 2.58. The first-order valence-electron chi connectivity index (χ1n) is 5.27. The fourth-order valence-electron chi connectivity index (χ4n) is 1.04. The molecule has 1 aromatic rings. The molecule has 0 saturated heterocycles. The van der Waals surface area contributed by atoms with E-state index < -0.39 is 0 Å². The first-order valence-corrected chi connectivity index (χ1v) is 7.31. The maximum atomic E-state index is 4.59. The van der Waals surface area contributed by atoms with Crippen LogP contribution in [-0.2, 0) is 12.3 Å². The van der Waals surface area contributed by atoms with Crippen molar-refractivity contribution in [3.8, 4) is 0 Å². The predicted molar refractivity (Wildman–Crippen MR) is 70.5 cm³/mol. The summed E-state index contributed by atoms with van der Waals surface area (Å²) in [4.78, 5) is 4.59. The van der Waals surface area contributed by atoms with Gasteiger partial charge in [0, 0.05) is 23.2 Å². The number of aromatic nitrogens is 1. The van der Waals surface area contributed by atoms with E-state index in [0.29, 0.717) is 0 Å². The second kappa shape index (κ2) is 5.87. The molecule has 4 heteroatoms. The summed E-state index contributed by atoms with van der Waals surface area (Å²) in [5, 5.41) is 6.85. The summed E-state index contributed by atoms with van der Waals surface area (Å²) in [5.41, 5.74) is 1.34. The Balaban J connectivity index is 2.39. The van der Waals surface area contributed by atoms with Crippen LogP contribution in [-0.4, -0.2) is 16.3 Å². The number of hydrogen-bond acceptors (Lipinski definition) is 4. The Hall–Kier alpha value is -0.0600. The zero-order chi connectivity index (χ0) is 11.3. The van der Waals surface area contributed by atoms with E-state index in [1.165, 1.54) is 10.7 Å². The van der Waals surface area contributed by atoms with E-state index in [9.17, 15) is 0 Å². The molecule has 0 amide bonds. The van der Waals surface area contributed by atoms with Gasteiger partial charge in [0.05, 0.1) is 5.69 Å². The molecule has 1 aromatic heterocycles. The Morgan fingerprint density at radius 1 is 1.47 bits per heavy atom. The Morgan fingerprint density at radius 3 is 2.80 bits per heavy atom. The van der Waals surface area contributed by atoms with Crippen LogP contribution in [0.25, 0.3) is 0 Å². The average molecular weight is 244 g/mol. The molecule has 0 bridgehead atoms. The summed E-state index contributed by atoms with van der Waals surface area (Å²) in [6.07, 6.45) is 0. The van der Waals surface area contributed by atoms with Gasteiger partial charge in [0.25, 0.3) is 0 Å². The van der Waals surface area contributed by atoms with Gasteiger partial charge in [0.2, 0.25) is 0 Å². The molecule has 86 valence electrons. The van der Waals surface area contributed by atoms with Crippen LogP contribution < -0.4 is 5.32 Å². The molecular formula is C11H20N2S2. The van der Waals surface area contributed by atoms with E-state index in [1.54, 1.807) is 11.3 Å². The van der Waals surface area contributed by atoms with Crippen molar-refractivity contribution in [3.63, 3.8) is 0 Å². The first kappa shape index (κ1) is 13.0. The molecule has 0 aliphatic heterocycles. The van der Waals surface area contributed by atoms with Crippen molar-refractivity contribution in [2.45, 2.75) is 45.5 Å². The van der Waals surface area contributed by atoms with Gasteiger partial charge in [-0.25, -0.2) is 4.98 Å². The molecule has 0 unspecified atom stereocenters. The molecule has 1 rings (SSSR count). The van der Waals surface area contributed by atoms with Gasteiger partial charge >= 0.3 is 0 Å². The second-order valence-corrected chi connectivity index (χ2v) is 6.69. The molecule has 15 heavy (non-hydrogen) atoms. The summed E-state index contributed by atoms with van der Waals surface area (Å²) in [7, 11) is 0. The Labute approximate surface area is 101 Å². The molecule has 0 radical (unpaired) electrons. The lowest BCUT2D eigenvalue weighted by atomic mass is 10.1. The molecule has 0 aliphatic carbocycles. The summed E-state index contributed by atoms with van der Waals surface area (Å²) < 4.78 is 0. The smallest absolute Gasteiger partial charge is 0.103 e. The fraction of sp³-hybridized carbons (Fsp3) is 0.727. The summed E-state index contributed by atoms with van der Waals surface area (Å²) in [6.45, 7) is 9.57. The maximum absolute atomic E-state index is 4.59. The van der Waals surface area contributed by atoms with Crippen molar-refractivity contribution in [2.75, 3.05) is 5.75 Å². The van der Waals surface area contributed by atoms with E-state index in [1.807, 2.05) is 11.8 Å². The minimum atomic E-state index is 0.169. The molecule has 0 atom stereocenters. The van der Waals surface area contributed by atoms with Crippen molar-refractivity contribution in [1.29, 1.82) is 0 Å². The van der Waals surface area contributed by atoms with Crippen LogP contribution in [0.3, 0.4) is 0 Å². The van der Waals surface area contributed by atoms with Crippen LogP contribution >= 0.6 is 23.1 Å². The molecule has 2 nitrogen and oxygen atoms in total. The third kappa shape index (κ3) is 5.54. The molecule has 0 saturated carbocycles. The van der Waals surface area contributed by atoms with Crippen LogP contribution in [0, 0.1) is 0 Å². The Bertz CT molecular complexity index is 289. The van der Waals surface area contributed by atoms with Crippen LogP contribution in [0.15, 0.2) is 5.38 Å². The third-order valence-corrected chi connectivity index (χ3v) is 3.79. The van der Waals surface area contributed by atoms with Crippen molar-refractivity contribution in [1.82, 2.24) is 10.3 Å². The molecule has 0 fully saturated rings. The zero-order valence-electron chi connectivity index (χ0n) is 9.96. The number of thioether (sulfide) groups is 1. The number of thiazole rings is 1. The van der Waals surface area contributed by atoms with Crippen molar-refractivity contribution < 1.29 is 0 Å². The molecule has 0 spiro atoms. The topological polar surface area (TPSA) is 24.9 Å². The standard InChI is InChI=1S/C11H20N2S2/c1-5-14-8-10-13-9(7-15-10)6-12-11(2,3)4/h7,12H,5-6,8H2,1-4H3. The molecule has 1 N–H and O–H groups in total. The quantitative estimate of drug-likeness (QED) is 0.860. The van der Waals surface area contributed by atoms with Gasteiger partial charge in [-0.3, -0.25) is 0 Å². The van der Waals surface area contributed by atoms with Crippen LogP contribution in [0.4, 0.5) is 0 Å². The molecular weight excluding hydrogens is 224 g/mol. The van der Waals surface area contributed by atoms with E-state index >= 15 is 0 Å². The molecule has 1 heterocycles. The Kier molecular flexibility index (Phi) is 5.09. The van der Waals surface area contributed by atoms with Gasteiger partial charge < -0.3 is 5.32 Å². The summed E-state index contributed by atoms with van der Waals surface area (Å²) in [6, 6.07) is 0. The lowest BCUT2D eigenvalue weighted by Gasteiger charge is -2.19. The van der Waals surface area contributed by atoms with Crippen LogP contribution in [0.2, 0.25) is 0 Å². The monoisotopic (exact) mass is 244 g/mol. The van der Waals surface area contributed by atoms with E-state index in [2.05, 4.69) is 43.4 Å². The van der Waals surface area contributed by atoms with Crippen molar-refractivity contribution in [2.24, 2.45) is 0 Å². The van der Waals surface area contributed by atoms with Crippen molar-refractivity contribution >= 4 is 23.1 Å². The van der Waals surface area contributed by atoms with Gasteiger partial charge in [-0.2, -0.15) is 11.8 Å². The number of rotatable bonds is 5. The molecule has 0 aromatic carbocycles. The first-order chi connectivity index (χ1) is 7.01. The van der Waals surface area contributed by atoms with Crippen molar-refractivity contribution in [3.05, 3.63) is 16.1 Å².